The molecule has 0 saturated heterocycles. The van der Waals surface area contributed by atoms with Gasteiger partial charge in [0.05, 0.1) is 16.3 Å². The zero-order valence-corrected chi connectivity index (χ0v) is 10.6. The van der Waals surface area contributed by atoms with Crippen molar-refractivity contribution in [1.29, 1.82) is 0 Å². The second-order valence-corrected chi connectivity index (χ2v) is 4.63. The number of hydrogen-bond acceptors (Lipinski definition) is 4. The number of nitrogens with one attached hydrogen (secondary N) is 1. The third-order valence-electron chi connectivity index (χ3n) is 2.91. The van der Waals surface area contributed by atoms with Crippen molar-refractivity contribution in [1.82, 2.24) is 4.98 Å². The number of nitrogens with zero attached hydrogens (tertiary/aromatic N) is 1. The summed E-state index contributed by atoms with van der Waals surface area (Å²) in [6, 6.07) is 5.46. The molecule has 2 aromatic rings. The molecule has 18 heavy (non-hydrogen) atoms. The average molecular weight is 262 g/mol. The van der Waals surface area contributed by atoms with Crippen molar-refractivity contribution < 1.29 is 4.74 Å². The van der Waals surface area contributed by atoms with Crippen LogP contribution < -0.4 is 15.8 Å². The fourth-order valence-corrected chi connectivity index (χ4v) is 2.12. The number of rotatable bonds is 0. The Bertz CT molecular complexity index is 628. The number of ether oxygens (including phenoxy) is 1. The van der Waals surface area contributed by atoms with Gasteiger partial charge in [-0.05, 0) is 30.7 Å². The normalized spacial score (nSPS) is 12.8. The van der Waals surface area contributed by atoms with Crippen LogP contribution in [0.15, 0.2) is 24.4 Å². The first kappa shape index (κ1) is 11.2. The summed E-state index contributed by atoms with van der Waals surface area (Å²) in [7, 11) is 0. The second-order valence-electron chi connectivity index (χ2n) is 4.25. The van der Waals surface area contributed by atoms with Crippen LogP contribution in [-0.2, 0) is 6.61 Å². The highest BCUT2D eigenvalue weighted by Crippen LogP contribution is 2.37. The molecule has 92 valence electrons. The first-order chi connectivity index (χ1) is 8.65. The summed E-state index contributed by atoms with van der Waals surface area (Å²) >= 11 is 6.27. The van der Waals surface area contributed by atoms with E-state index in [2.05, 4.69) is 10.3 Å². The Labute approximate surface area is 110 Å². The Morgan fingerprint density at radius 2 is 2.28 bits per heavy atom. The van der Waals surface area contributed by atoms with E-state index in [0.717, 1.165) is 28.4 Å². The van der Waals surface area contributed by atoms with Crippen LogP contribution >= 0.6 is 11.6 Å². The van der Waals surface area contributed by atoms with Gasteiger partial charge in [-0.25, -0.2) is 4.98 Å². The summed E-state index contributed by atoms with van der Waals surface area (Å²) < 4.78 is 5.72. The van der Waals surface area contributed by atoms with Crippen molar-refractivity contribution in [2.45, 2.75) is 13.5 Å². The minimum absolute atomic E-state index is 0.396. The first-order valence-corrected chi connectivity index (χ1v) is 5.96. The number of pyridine rings is 1. The second kappa shape index (κ2) is 4.07. The lowest BCUT2D eigenvalue weighted by Gasteiger charge is -2.09. The highest BCUT2D eigenvalue weighted by atomic mass is 35.5. The molecule has 1 aromatic carbocycles. The topological polar surface area (TPSA) is 60.2 Å². The number of hydrogen-bond donors (Lipinski definition) is 2. The summed E-state index contributed by atoms with van der Waals surface area (Å²) in [5.41, 5.74) is 9.05. The van der Waals surface area contributed by atoms with Gasteiger partial charge in [0, 0.05) is 11.9 Å². The van der Waals surface area contributed by atoms with Gasteiger partial charge < -0.3 is 15.8 Å². The molecule has 3 N–H and O–H groups in total. The molecule has 0 atom stereocenters. The summed E-state index contributed by atoms with van der Waals surface area (Å²) in [6.45, 7) is 2.32. The Kier molecular flexibility index (Phi) is 2.52. The molecular formula is C13H12ClN3O. The lowest BCUT2D eigenvalue weighted by molar-refractivity contribution is 0.310. The monoisotopic (exact) mass is 261 g/mol. The molecule has 0 bridgehead atoms. The highest BCUT2D eigenvalue weighted by molar-refractivity contribution is 6.32. The van der Waals surface area contributed by atoms with Crippen molar-refractivity contribution in [3.8, 4) is 5.75 Å². The third kappa shape index (κ3) is 1.75. The van der Waals surface area contributed by atoms with E-state index in [4.69, 9.17) is 22.1 Å². The molecule has 0 unspecified atom stereocenters. The van der Waals surface area contributed by atoms with E-state index in [1.54, 1.807) is 12.3 Å². The minimum Gasteiger partial charge on any atom is -0.487 e. The van der Waals surface area contributed by atoms with E-state index >= 15 is 0 Å². The number of aromatic nitrogens is 1. The van der Waals surface area contributed by atoms with E-state index in [0.29, 0.717) is 17.3 Å². The van der Waals surface area contributed by atoms with Gasteiger partial charge in [0.2, 0.25) is 0 Å². The van der Waals surface area contributed by atoms with Crippen LogP contribution in [-0.4, -0.2) is 4.98 Å². The van der Waals surface area contributed by atoms with Crippen LogP contribution in [0.3, 0.4) is 0 Å². The van der Waals surface area contributed by atoms with E-state index in [1.165, 1.54) is 0 Å². The molecule has 0 spiro atoms. The molecule has 1 aromatic heterocycles. The smallest absolute Gasteiger partial charge is 0.143 e. The molecule has 0 radical (unpaired) electrons. The van der Waals surface area contributed by atoms with Gasteiger partial charge >= 0.3 is 0 Å². The molecule has 2 heterocycles. The zero-order valence-electron chi connectivity index (χ0n) is 9.83. The van der Waals surface area contributed by atoms with Gasteiger partial charge in [-0.15, -0.1) is 0 Å². The summed E-state index contributed by atoms with van der Waals surface area (Å²) in [6.07, 6.45) is 1.74. The van der Waals surface area contributed by atoms with Crippen molar-refractivity contribution in [3.63, 3.8) is 0 Å². The first-order valence-electron chi connectivity index (χ1n) is 5.58. The summed E-state index contributed by atoms with van der Waals surface area (Å²) in [5, 5.41) is 3.90. The van der Waals surface area contributed by atoms with Crippen molar-refractivity contribution in [2.24, 2.45) is 0 Å². The van der Waals surface area contributed by atoms with Gasteiger partial charge in [-0.2, -0.15) is 0 Å². The van der Waals surface area contributed by atoms with E-state index in [1.807, 2.05) is 19.1 Å². The Hall–Kier alpha value is -1.94. The largest absolute Gasteiger partial charge is 0.487 e. The van der Waals surface area contributed by atoms with Crippen LogP contribution in [0.5, 0.6) is 5.75 Å². The van der Waals surface area contributed by atoms with E-state index in [-0.39, 0.29) is 0 Å². The maximum Gasteiger partial charge on any atom is 0.143 e. The molecule has 1 aliphatic rings. The SMILES string of the molecule is Cc1cnc2c(c1Cl)COc1ccc(N)cc1N2. The van der Waals surface area contributed by atoms with Crippen LogP contribution in [0.1, 0.15) is 11.1 Å². The number of nitrogen functional groups attached to an aromatic ring is 1. The number of nitrogens with two attached hydrogens (primary N) is 1. The Balaban J connectivity index is 2.12. The number of benzene rings is 1. The molecule has 4 nitrogen and oxygen atoms in total. The molecule has 3 rings (SSSR count). The van der Waals surface area contributed by atoms with Gasteiger partial charge in [0.15, 0.2) is 0 Å². The lowest BCUT2D eigenvalue weighted by atomic mass is 10.2. The highest BCUT2D eigenvalue weighted by Gasteiger charge is 2.18. The van der Waals surface area contributed by atoms with Gasteiger partial charge in [0.1, 0.15) is 18.2 Å². The van der Waals surface area contributed by atoms with Gasteiger partial charge in [0.25, 0.3) is 0 Å². The van der Waals surface area contributed by atoms with Crippen LogP contribution in [0.2, 0.25) is 5.02 Å². The predicted molar refractivity (Wildman–Crippen MR) is 72.5 cm³/mol. The van der Waals surface area contributed by atoms with Crippen molar-refractivity contribution in [3.05, 3.63) is 40.5 Å². The lowest BCUT2D eigenvalue weighted by Crippen LogP contribution is -1.99. The zero-order chi connectivity index (χ0) is 12.7. The van der Waals surface area contributed by atoms with Gasteiger partial charge in [-0.3, -0.25) is 0 Å². The average Bonchev–Trinajstić information content (AvgIpc) is 2.53. The maximum atomic E-state index is 6.27. The number of halogens is 1. The van der Waals surface area contributed by atoms with Gasteiger partial charge in [-0.1, -0.05) is 11.6 Å². The summed E-state index contributed by atoms with van der Waals surface area (Å²) in [5.74, 6) is 1.46. The van der Waals surface area contributed by atoms with E-state index < -0.39 is 0 Å². The molecule has 1 aliphatic heterocycles. The molecule has 0 amide bonds. The standard InChI is InChI=1S/C13H12ClN3O/c1-7-5-16-13-9(12(7)14)6-18-11-3-2-8(15)4-10(11)17-13/h2-5H,6,15H2,1H3,(H,16,17). The van der Waals surface area contributed by atoms with Crippen LogP contribution in [0, 0.1) is 6.92 Å². The molecular weight excluding hydrogens is 250 g/mol. The fourth-order valence-electron chi connectivity index (χ4n) is 1.93. The summed E-state index contributed by atoms with van der Waals surface area (Å²) in [4.78, 5) is 4.35. The molecule has 0 aliphatic carbocycles. The Morgan fingerprint density at radius 1 is 1.44 bits per heavy atom. The van der Waals surface area contributed by atoms with Crippen LogP contribution in [0.25, 0.3) is 0 Å². The van der Waals surface area contributed by atoms with Crippen molar-refractivity contribution >= 4 is 28.8 Å². The molecule has 0 fully saturated rings. The number of anilines is 3. The Morgan fingerprint density at radius 3 is 3.11 bits per heavy atom. The third-order valence-corrected chi connectivity index (χ3v) is 3.44. The quantitative estimate of drug-likeness (QED) is 0.715. The number of fused-ring (bicyclic) bond motifs is 2. The van der Waals surface area contributed by atoms with E-state index in [9.17, 15) is 0 Å². The van der Waals surface area contributed by atoms with Crippen LogP contribution in [0.4, 0.5) is 17.2 Å². The number of aryl methyl sites for hydroxylation is 1. The molecule has 0 saturated carbocycles. The fraction of sp³-hybridized carbons (Fsp3) is 0.154. The maximum absolute atomic E-state index is 6.27. The van der Waals surface area contributed by atoms with Crippen molar-refractivity contribution in [2.75, 3.05) is 11.1 Å². The molecule has 5 heteroatoms. The predicted octanol–water partition coefficient (Wildman–Crippen LogP) is 3.26. The minimum atomic E-state index is 0.396.